The first kappa shape index (κ1) is 30.9. The minimum absolute atomic E-state index is 0.0346. The molecule has 3 aromatic carbocycles. The number of H-pyrrole nitrogens is 1. The second-order valence-corrected chi connectivity index (χ2v) is 12.1. The molecule has 0 aliphatic carbocycles. The van der Waals surface area contributed by atoms with Crippen LogP contribution >= 0.6 is 0 Å². The lowest BCUT2D eigenvalue weighted by atomic mass is 10.0. The molecule has 13 nitrogen and oxygen atoms in total. The number of aliphatic hydroxyl groups excluding tert-OH is 1. The van der Waals surface area contributed by atoms with E-state index in [-0.39, 0.29) is 49.1 Å². The Hall–Kier alpha value is -6.41. The number of oxazole rings is 1. The fraction of sp³-hybridized carbons (Fsp3) is 0.167. The Morgan fingerprint density at radius 1 is 1.00 bits per heavy atom. The lowest BCUT2D eigenvalue weighted by Gasteiger charge is -2.40. The molecule has 1 saturated heterocycles. The van der Waals surface area contributed by atoms with Crippen molar-refractivity contribution >= 4 is 45.3 Å². The lowest BCUT2D eigenvalue weighted by molar-refractivity contribution is 0.0262. The number of aliphatic hydroxyl groups is 1. The first-order chi connectivity index (χ1) is 24.3. The Morgan fingerprint density at radius 3 is 2.66 bits per heavy atom. The highest BCUT2D eigenvalue weighted by Gasteiger charge is 2.35. The lowest BCUT2D eigenvalue weighted by Crippen LogP contribution is -2.58. The van der Waals surface area contributed by atoms with Crippen molar-refractivity contribution in [2.45, 2.75) is 12.5 Å². The van der Waals surface area contributed by atoms with Gasteiger partial charge in [0.25, 0.3) is 23.4 Å². The van der Waals surface area contributed by atoms with Crippen LogP contribution < -0.4 is 11.3 Å². The highest BCUT2D eigenvalue weighted by Crippen LogP contribution is 2.27. The molecular formula is C36H29FN8O5. The summed E-state index contributed by atoms with van der Waals surface area (Å²) in [5, 5.41) is 18.2. The normalized spacial score (nSPS) is 15.0. The molecule has 250 valence electrons. The number of halogens is 1. The van der Waals surface area contributed by atoms with Crippen LogP contribution in [0.25, 0.3) is 38.6 Å². The van der Waals surface area contributed by atoms with E-state index in [1.807, 2.05) is 24.4 Å². The van der Waals surface area contributed by atoms with E-state index in [4.69, 9.17) is 10.2 Å². The number of nitrogens with zero attached hydrogens (tertiary/aromatic N) is 6. The van der Waals surface area contributed by atoms with Crippen molar-refractivity contribution in [3.05, 3.63) is 124 Å². The zero-order valence-corrected chi connectivity index (χ0v) is 26.4. The summed E-state index contributed by atoms with van der Waals surface area (Å²) in [5.41, 5.74) is 10.1. The Labute approximate surface area is 282 Å². The van der Waals surface area contributed by atoms with Gasteiger partial charge < -0.3 is 25.1 Å². The topological polar surface area (TPSA) is 176 Å². The summed E-state index contributed by atoms with van der Waals surface area (Å²) in [6.45, 7) is -0.162. The fourth-order valence-electron chi connectivity index (χ4n) is 6.56. The molecule has 1 atom stereocenters. The molecule has 4 N–H and O–H groups in total. The summed E-state index contributed by atoms with van der Waals surface area (Å²) < 4.78 is 22.2. The molecular weight excluding hydrogens is 643 g/mol. The van der Waals surface area contributed by atoms with Crippen LogP contribution in [0.1, 0.15) is 32.1 Å². The summed E-state index contributed by atoms with van der Waals surface area (Å²) in [7, 11) is 0. The Kier molecular flexibility index (Phi) is 7.56. The number of hydrogen-bond donors (Lipinski definition) is 3. The van der Waals surface area contributed by atoms with Crippen LogP contribution in [0.15, 0.2) is 94.4 Å². The number of rotatable bonds is 6. The molecule has 8 rings (SSSR count). The van der Waals surface area contributed by atoms with E-state index >= 15 is 4.39 Å². The molecule has 0 bridgehead atoms. The van der Waals surface area contributed by atoms with Crippen molar-refractivity contribution in [2.24, 2.45) is 0 Å². The Bertz CT molecular complexity index is 2520. The van der Waals surface area contributed by atoms with Crippen LogP contribution in [0.2, 0.25) is 0 Å². The van der Waals surface area contributed by atoms with E-state index in [0.29, 0.717) is 44.5 Å². The van der Waals surface area contributed by atoms with Crippen molar-refractivity contribution in [1.29, 1.82) is 0 Å². The van der Waals surface area contributed by atoms with Crippen molar-refractivity contribution in [3.8, 4) is 11.1 Å². The van der Waals surface area contributed by atoms with Gasteiger partial charge in [0.05, 0.1) is 35.5 Å². The van der Waals surface area contributed by atoms with Crippen molar-refractivity contribution in [2.75, 3.05) is 32.0 Å². The number of fused-ring (bicyclic) bond motifs is 3. The van der Waals surface area contributed by atoms with Gasteiger partial charge in [-0.05, 0) is 59.2 Å². The zero-order valence-electron chi connectivity index (χ0n) is 26.4. The number of imidazole rings is 1. The number of aromatic nitrogens is 5. The minimum atomic E-state index is -0.774. The summed E-state index contributed by atoms with van der Waals surface area (Å²) >= 11 is 0. The molecule has 1 unspecified atom stereocenters. The van der Waals surface area contributed by atoms with Crippen molar-refractivity contribution < 1.29 is 23.5 Å². The monoisotopic (exact) mass is 672 g/mol. The second kappa shape index (κ2) is 12.2. The number of amides is 2. The molecule has 2 amide bonds. The third kappa shape index (κ3) is 5.41. The molecule has 50 heavy (non-hydrogen) atoms. The second-order valence-electron chi connectivity index (χ2n) is 12.1. The number of nitrogens with two attached hydrogens (primary N) is 1. The summed E-state index contributed by atoms with van der Waals surface area (Å²) in [5.74, 6) is -1.63. The van der Waals surface area contributed by atoms with E-state index in [1.165, 1.54) is 23.2 Å². The molecule has 4 aromatic heterocycles. The first-order valence-corrected chi connectivity index (χ1v) is 15.9. The average molecular weight is 673 g/mol. The van der Waals surface area contributed by atoms with Crippen LogP contribution in [-0.2, 0) is 6.42 Å². The number of aromatic amines is 1. The number of piperazine rings is 1. The molecule has 1 fully saturated rings. The third-order valence-electron chi connectivity index (χ3n) is 9.11. The van der Waals surface area contributed by atoms with Gasteiger partial charge in [0, 0.05) is 37.6 Å². The van der Waals surface area contributed by atoms with Crippen LogP contribution in [0.3, 0.4) is 0 Å². The van der Waals surface area contributed by atoms with E-state index < -0.39 is 24.4 Å². The SMILES string of the molecule is Nc1nc2cc(-c3ccc4ncc(C(=O)N5CCN(C(=O)c6cc(Cc7n[nH]c(=O)c8ccccc78)ccc6F)C(CO)C5)n4c3)ccc2o1. The highest BCUT2D eigenvalue weighted by molar-refractivity contribution is 5.96. The fourth-order valence-corrected chi connectivity index (χ4v) is 6.56. The number of benzene rings is 3. The highest BCUT2D eigenvalue weighted by atomic mass is 19.1. The molecule has 14 heteroatoms. The van der Waals surface area contributed by atoms with Crippen LogP contribution in [0.4, 0.5) is 10.4 Å². The molecule has 1 aliphatic rings. The van der Waals surface area contributed by atoms with E-state index in [2.05, 4.69) is 20.2 Å². The standard InChI is InChI=1S/C36H29FN8O5/c37-27-8-5-20(14-28-24-3-1-2-4-25(24)33(47)42-41-28)13-26(27)34(48)44-12-11-43(18-23(44)19-46)35(49)30-16-39-32-10-7-22(17-45(30)32)21-6-9-31-29(15-21)40-36(38)50-31/h1-10,13,15-17,23,46H,11-12,14,18-19H2,(H2,38,40)(H,42,47). The zero-order chi connectivity index (χ0) is 34.5. The summed E-state index contributed by atoms with van der Waals surface area (Å²) in [6.07, 6.45) is 3.55. The van der Waals surface area contributed by atoms with Crippen LogP contribution in [0, 0.1) is 5.82 Å². The maximum Gasteiger partial charge on any atom is 0.292 e. The number of carbonyl (C=O) groups excluding carboxylic acids is 2. The number of carbonyl (C=O) groups is 2. The van der Waals surface area contributed by atoms with Gasteiger partial charge >= 0.3 is 0 Å². The number of nitrogen functional groups attached to an aromatic ring is 1. The third-order valence-corrected chi connectivity index (χ3v) is 9.11. The average Bonchev–Trinajstić information content (AvgIpc) is 3.74. The van der Waals surface area contributed by atoms with Crippen LogP contribution in [-0.4, -0.2) is 83.6 Å². The van der Waals surface area contributed by atoms with E-state index in [0.717, 1.165) is 11.1 Å². The summed E-state index contributed by atoms with van der Waals surface area (Å²) in [6, 6.07) is 19.8. The van der Waals surface area contributed by atoms with Gasteiger partial charge in [0.2, 0.25) is 0 Å². The Morgan fingerprint density at radius 2 is 1.82 bits per heavy atom. The van der Waals surface area contributed by atoms with Gasteiger partial charge in [0.1, 0.15) is 22.7 Å². The molecule has 0 radical (unpaired) electrons. The van der Waals surface area contributed by atoms with Gasteiger partial charge in [-0.3, -0.25) is 18.8 Å². The minimum Gasteiger partial charge on any atom is -0.424 e. The molecule has 0 spiro atoms. The predicted molar refractivity (Wildman–Crippen MR) is 182 cm³/mol. The number of pyridine rings is 1. The number of hydrogen-bond acceptors (Lipinski definition) is 9. The molecule has 0 saturated carbocycles. The van der Waals surface area contributed by atoms with E-state index in [9.17, 15) is 19.5 Å². The largest absolute Gasteiger partial charge is 0.424 e. The van der Waals surface area contributed by atoms with Gasteiger partial charge in [-0.15, -0.1) is 0 Å². The maximum absolute atomic E-state index is 15.2. The first-order valence-electron chi connectivity index (χ1n) is 15.9. The van der Waals surface area contributed by atoms with E-state index in [1.54, 1.807) is 51.8 Å². The predicted octanol–water partition coefficient (Wildman–Crippen LogP) is 3.65. The maximum atomic E-state index is 15.2. The van der Waals surface area contributed by atoms with Gasteiger partial charge in [-0.25, -0.2) is 14.5 Å². The van der Waals surface area contributed by atoms with Crippen molar-refractivity contribution in [1.82, 2.24) is 34.4 Å². The smallest absolute Gasteiger partial charge is 0.292 e. The van der Waals surface area contributed by atoms with Crippen molar-refractivity contribution in [3.63, 3.8) is 0 Å². The molecule has 1 aliphatic heterocycles. The van der Waals surface area contributed by atoms with Gasteiger partial charge in [0.15, 0.2) is 5.58 Å². The van der Waals surface area contributed by atoms with Gasteiger partial charge in [-0.1, -0.05) is 30.3 Å². The van der Waals surface area contributed by atoms with Crippen LogP contribution in [0.5, 0.6) is 0 Å². The number of anilines is 1. The Balaban J connectivity index is 1.02. The quantitative estimate of drug-likeness (QED) is 0.238. The number of nitrogens with one attached hydrogen (secondary N) is 1. The molecule has 5 heterocycles. The summed E-state index contributed by atoms with van der Waals surface area (Å²) in [4.78, 5) is 51.4. The van der Waals surface area contributed by atoms with Gasteiger partial charge in [-0.2, -0.15) is 10.1 Å². The molecule has 7 aromatic rings.